The molecule has 1 aromatic heterocycles. The molecule has 0 saturated carbocycles. The molecule has 26 heavy (non-hydrogen) atoms. The molecule has 1 aliphatic rings. The summed E-state index contributed by atoms with van der Waals surface area (Å²) in [6.45, 7) is -0.129. The van der Waals surface area contributed by atoms with Crippen LogP contribution in [0.15, 0.2) is 47.6 Å². The number of carbonyl (C=O) groups excluding carboxylic acids is 2. The van der Waals surface area contributed by atoms with Crippen LogP contribution in [0, 0.1) is 0 Å². The van der Waals surface area contributed by atoms with Gasteiger partial charge in [-0.2, -0.15) is 0 Å². The number of hydrogen-bond acceptors (Lipinski definition) is 6. The number of guanidine groups is 1. The molecule has 134 valence electrons. The zero-order chi connectivity index (χ0) is 18.7. The van der Waals surface area contributed by atoms with Crippen LogP contribution in [0.2, 0.25) is 0 Å². The number of amides is 2. The van der Waals surface area contributed by atoms with Gasteiger partial charge in [-0.15, -0.1) is 0 Å². The van der Waals surface area contributed by atoms with Crippen molar-refractivity contribution in [3.8, 4) is 0 Å². The number of pyridine rings is 1. The minimum Gasteiger partial charge on any atom is -0.392 e. The minimum absolute atomic E-state index is 0.106. The van der Waals surface area contributed by atoms with Gasteiger partial charge in [-0.1, -0.05) is 18.2 Å². The van der Waals surface area contributed by atoms with Crippen molar-refractivity contribution in [2.45, 2.75) is 19.1 Å². The summed E-state index contributed by atoms with van der Waals surface area (Å²) in [5.41, 5.74) is 8.00. The second-order valence-electron chi connectivity index (χ2n) is 5.95. The highest BCUT2D eigenvalue weighted by atomic mass is 16.3. The molecular weight excluding hydrogens is 334 g/mol. The van der Waals surface area contributed by atoms with Crippen molar-refractivity contribution < 1.29 is 14.7 Å². The van der Waals surface area contributed by atoms with Crippen molar-refractivity contribution in [3.05, 3.63) is 59.4 Å². The van der Waals surface area contributed by atoms with Gasteiger partial charge in [0.05, 0.1) is 19.1 Å². The third-order valence-corrected chi connectivity index (χ3v) is 4.14. The Morgan fingerprint density at radius 1 is 1.38 bits per heavy atom. The fourth-order valence-corrected chi connectivity index (χ4v) is 2.59. The summed E-state index contributed by atoms with van der Waals surface area (Å²) < 4.78 is 0. The van der Waals surface area contributed by atoms with Crippen molar-refractivity contribution in [1.82, 2.24) is 9.88 Å². The first kappa shape index (κ1) is 17.6. The number of hydrogen-bond donors (Lipinski definition) is 3. The van der Waals surface area contributed by atoms with Crippen LogP contribution in [0.3, 0.4) is 0 Å². The Hall–Kier alpha value is -3.26. The number of aliphatic imine (C=N–C) groups is 1. The maximum absolute atomic E-state index is 12.3. The maximum Gasteiger partial charge on any atom is 0.274 e. The molecule has 0 aliphatic carbocycles. The van der Waals surface area contributed by atoms with Gasteiger partial charge in [-0.25, -0.2) is 4.99 Å². The van der Waals surface area contributed by atoms with Gasteiger partial charge in [0.25, 0.3) is 5.91 Å². The number of nitrogens with one attached hydrogen (secondary N) is 1. The number of carbonyl (C=O) groups is 2. The molecule has 0 spiro atoms. The van der Waals surface area contributed by atoms with Crippen LogP contribution < -0.4 is 11.1 Å². The molecule has 2 heterocycles. The van der Waals surface area contributed by atoms with Crippen molar-refractivity contribution in [3.63, 3.8) is 0 Å². The van der Waals surface area contributed by atoms with E-state index in [1.807, 2.05) is 6.07 Å². The molecule has 8 heteroatoms. The second kappa shape index (κ2) is 7.32. The molecule has 0 radical (unpaired) electrons. The first-order valence-electron chi connectivity index (χ1n) is 8.05. The van der Waals surface area contributed by atoms with E-state index < -0.39 is 0 Å². The number of nitrogens with two attached hydrogens (primary N) is 1. The smallest absolute Gasteiger partial charge is 0.274 e. The lowest BCUT2D eigenvalue weighted by Crippen LogP contribution is -2.42. The summed E-state index contributed by atoms with van der Waals surface area (Å²) >= 11 is 0. The summed E-state index contributed by atoms with van der Waals surface area (Å²) in [7, 11) is 1.59. The molecule has 2 aromatic rings. The van der Waals surface area contributed by atoms with Crippen molar-refractivity contribution in [2.75, 3.05) is 12.4 Å². The van der Waals surface area contributed by atoms with Crippen molar-refractivity contribution in [1.29, 1.82) is 0 Å². The first-order valence-corrected chi connectivity index (χ1v) is 8.05. The van der Waals surface area contributed by atoms with Gasteiger partial charge in [0.1, 0.15) is 5.69 Å². The highest BCUT2D eigenvalue weighted by molar-refractivity contribution is 6.03. The Balaban J connectivity index is 1.77. The topological polar surface area (TPSA) is 121 Å². The van der Waals surface area contributed by atoms with Crippen molar-refractivity contribution in [2.24, 2.45) is 10.7 Å². The average molecular weight is 353 g/mol. The molecule has 1 aliphatic heterocycles. The summed E-state index contributed by atoms with van der Waals surface area (Å²) in [4.78, 5) is 33.9. The van der Waals surface area contributed by atoms with Gasteiger partial charge in [0.15, 0.2) is 5.96 Å². The lowest BCUT2D eigenvalue weighted by atomic mass is 10.0. The van der Waals surface area contributed by atoms with E-state index in [1.54, 1.807) is 37.4 Å². The van der Waals surface area contributed by atoms with Gasteiger partial charge >= 0.3 is 0 Å². The monoisotopic (exact) mass is 353 g/mol. The second-order valence-corrected chi connectivity index (χ2v) is 5.95. The third kappa shape index (κ3) is 3.70. The quantitative estimate of drug-likeness (QED) is 0.758. The predicted molar refractivity (Wildman–Crippen MR) is 96.3 cm³/mol. The molecule has 4 N–H and O–H groups in total. The first-order chi connectivity index (χ1) is 12.5. The Bertz CT molecular complexity index is 863. The normalized spacial score (nSPS) is 17.0. The van der Waals surface area contributed by atoms with Gasteiger partial charge in [0, 0.05) is 18.9 Å². The van der Waals surface area contributed by atoms with Crippen LogP contribution in [0.1, 0.15) is 34.1 Å². The zero-order valence-corrected chi connectivity index (χ0v) is 14.2. The Morgan fingerprint density at radius 3 is 2.85 bits per heavy atom. The molecule has 1 aromatic carbocycles. The maximum atomic E-state index is 12.3. The highest BCUT2D eigenvalue weighted by Crippen LogP contribution is 2.27. The summed E-state index contributed by atoms with van der Waals surface area (Å²) in [6.07, 6.45) is 1.67. The lowest BCUT2D eigenvalue weighted by molar-refractivity contribution is -0.127. The lowest BCUT2D eigenvalue weighted by Gasteiger charge is -2.25. The molecule has 0 fully saturated rings. The Labute approximate surface area is 150 Å². The summed E-state index contributed by atoms with van der Waals surface area (Å²) in [6, 6.07) is 9.93. The van der Waals surface area contributed by atoms with Crippen LogP contribution in [0.4, 0.5) is 5.69 Å². The van der Waals surface area contributed by atoms with E-state index in [4.69, 9.17) is 10.8 Å². The summed E-state index contributed by atoms with van der Waals surface area (Å²) in [5, 5.41) is 11.8. The Morgan fingerprint density at radius 2 is 2.19 bits per heavy atom. The van der Waals surface area contributed by atoms with E-state index >= 15 is 0 Å². The molecular formula is C18H19N5O3. The largest absolute Gasteiger partial charge is 0.392 e. The number of aromatic nitrogens is 1. The molecule has 1 atom stereocenters. The van der Waals surface area contributed by atoms with Crippen LogP contribution in [0.25, 0.3) is 0 Å². The van der Waals surface area contributed by atoms with Crippen LogP contribution in [0.5, 0.6) is 0 Å². The predicted octanol–water partition coefficient (Wildman–Crippen LogP) is 1.04. The molecule has 0 saturated heterocycles. The zero-order valence-electron chi connectivity index (χ0n) is 14.2. The van der Waals surface area contributed by atoms with Gasteiger partial charge < -0.3 is 16.2 Å². The van der Waals surface area contributed by atoms with Crippen molar-refractivity contribution >= 4 is 23.5 Å². The number of nitrogens with zero attached hydrogens (tertiary/aromatic N) is 3. The number of benzene rings is 1. The summed E-state index contributed by atoms with van der Waals surface area (Å²) in [5.74, 6) is -0.298. The average Bonchev–Trinajstić information content (AvgIpc) is 2.66. The van der Waals surface area contributed by atoms with Gasteiger partial charge in [0.2, 0.25) is 5.91 Å². The SMILES string of the molecule is CN1C(=O)CC(c2cccc(NC(=O)c3ccc(CO)cn3)c2)N=C1N. The van der Waals surface area contributed by atoms with Gasteiger partial charge in [-0.3, -0.25) is 19.5 Å². The molecule has 1 unspecified atom stereocenters. The van der Waals surface area contributed by atoms with E-state index in [0.29, 0.717) is 11.3 Å². The van der Waals surface area contributed by atoms with Crippen LogP contribution in [-0.2, 0) is 11.4 Å². The van der Waals surface area contributed by atoms with Gasteiger partial charge in [-0.05, 0) is 29.3 Å². The Kier molecular flexibility index (Phi) is 4.94. The van der Waals surface area contributed by atoms with Crippen LogP contribution in [-0.4, -0.2) is 39.8 Å². The van der Waals surface area contributed by atoms with E-state index in [9.17, 15) is 9.59 Å². The van der Waals surface area contributed by atoms with Crippen LogP contribution >= 0.6 is 0 Å². The van der Waals surface area contributed by atoms with E-state index in [2.05, 4.69) is 15.3 Å². The standard InChI is InChI=1S/C18H19N5O3/c1-23-16(25)8-15(22-18(23)19)12-3-2-4-13(7-12)21-17(26)14-6-5-11(10-24)9-20-14/h2-7,9,15,24H,8,10H2,1H3,(H2,19,22)(H,21,26). The van der Waals surface area contributed by atoms with E-state index in [-0.39, 0.29) is 42.5 Å². The van der Waals surface area contributed by atoms with E-state index in [0.717, 1.165) is 5.56 Å². The third-order valence-electron chi connectivity index (χ3n) is 4.14. The number of rotatable bonds is 4. The molecule has 2 amide bonds. The number of aliphatic hydroxyl groups is 1. The molecule has 8 nitrogen and oxygen atoms in total. The number of aliphatic hydroxyl groups excluding tert-OH is 1. The fourth-order valence-electron chi connectivity index (χ4n) is 2.59. The van der Waals surface area contributed by atoms with E-state index in [1.165, 1.54) is 11.1 Å². The fraction of sp³-hybridized carbons (Fsp3) is 0.222. The minimum atomic E-state index is -0.377. The molecule has 0 bridgehead atoms. The highest BCUT2D eigenvalue weighted by Gasteiger charge is 2.25. The molecule has 3 rings (SSSR count). The number of anilines is 1.